The van der Waals surface area contributed by atoms with Crippen LogP contribution < -0.4 is 4.74 Å². The summed E-state index contributed by atoms with van der Waals surface area (Å²) >= 11 is 8.75. The highest BCUT2D eigenvalue weighted by atomic mass is 79.9. The van der Waals surface area contributed by atoms with E-state index in [0.717, 1.165) is 0 Å². The molecule has 0 atom stereocenters. The summed E-state index contributed by atoms with van der Waals surface area (Å²) < 4.78 is 19.5. The molecule has 0 saturated carbocycles. The molecule has 0 saturated heterocycles. The summed E-state index contributed by atoms with van der Waals surface area (Å²) in [5.41, 5.74) is 0.326. The van der Waals surface area contributed by atoms with Gasteiger partial charge in [-0.05, 0) is 29.8 Å². The third-order valence-electron chi connectivity index (χ3n) is 2.49. The number of rotatable bonds is 4. The molecule has 0 unspecified atom stereocenters. The first-order valence-electron chi connectivity index (χ1n) is 5.47. The van der Waals surface area contributed by atoms with Crippen molar-refractivity contribution in [3.05, 3.63) is 62.4 Å². The van der Waals surface area contributed by atoms with Crippen molar-refractivity contribution >= 4 is 33.2 Å². The molecule has 20 heavy (non-hydrogen) atoms. The van der Waals surface area contributed by atoms with Gasteiger partial charge in [0.1, 0.15) is 0 Å². The van der Waals surface area contributed by atoms with Crippen LogP contribution in [0.25, 0.3) is 0 Å². The molecule has 0 bridgehead atoms. The van der Waals surface area contributed by atoms with Gasteiger partial charge in [0, 0.05) is 16.4 Å². The Hall–Kier alpha value is -1.66. The van der Waals surface area contributed by atoms with E-state index in [0.29, 0.717) is 10.0 Å². The van der Waals surface area contributed by atoms with E-state index in [-0.39, 0.29) is 23.1 Å². The van der Waals surface area contributed by atoms with Gasteiger partial charge in [-0.15, -0.1) is 11.6 Å². The van der Waals surface area contributed by atoms with Gasteiger partial charge in [0.25, 0.3) is 0 Å². The molecule has 0 aliphatic carbocycles. The lowest BCUT2D eigenvalue weighted by Crippen LogP contribution is -1.96. The number of ether oxygens (including phenoxy) is 1. The van der Waals surface area contributed by atoms with Crippen molar-refractivity contribution in [3.8, 4) is 11.5 Å². The van der Waals surface area contributed by atoms with Crippen molar-refractivity contribution in [2.45, 2.75) is 5.88 Å². The summed E-state index contributed by atoms with van der Waals surface area (Å²) in [4.78, 5) is 10.4. The molecule has 0 aromatic heterocycles. The van der Waals surface area contributed by atoms with Gasteiger partial charge in [-0.1, -0.05) is 22.0 Å². The van der Waals surface area contributed by atoms with E-state index in [1.807, 2.05) is 0 Å². The maximum atomic E-state index is 13.7. The molecule has 0 radical (unpaired) electrons. The van der Waals surface area contributed by atoms with Gasteiger partial charge in [-0.3, -0.25) is 10.1 Å². The molecular formula is C13H8BrClFNO3. The molecule has 0 aliphatic heterocycles. The first-order chi connectivity index (χ1) is 9.51. The summed E-state index contributed by atoms with van der Waals surface area (Å²) in [6.45, 7) is 0. The van der Waals surface area contributed by atoms with Crippen molar-refractivity contribution in [1.82, 2.24) is 0 Å². The van der Waals surface area contributed by atoms with E-state index in [2.05, 4.69) is 15.9 Å². The fraction of sp³-hybridized carbons (Fsp3) is 0.0769. The van der Waals surface area contributed by atoms with Crippen LogP contribution in [0.4, 0.5) is 10.1 Å². The van der Waals surface area contributed by atoms with Crippen molar-refractivity contribution in [2.75, 3.05) is 0 Å². The minimum absolute atomic E-state index is 0.0370. The van der Waals surface area contributed by atoms with Crippen LogP contribution in [0.1, 0.15) is 5.56 Å². The van der Waals surface area contributed by atoms with Crippen molar-refractivity contribution in [3.63, 3.8) is 0 Å². The molecule has 7 heteroatoms. The molecule has 0 spiro atoms. The zero-order valence-corrected chi connectivity index (χ0v) is 12.3. The van der Waals surface area contributed by atoms with Crippen molar-refractivity contribution in [2.24, 2.45) is 0 Å². The Morgan fingerprint density at radius 1 is 1.25 bits per heavy atom. The first-order valence-corrected chi connectivity index (χ1v) is 6.80. The van der Waals surface area contributed by atoms with Gasteiger partial charge >= 0.3 is 5.69 Å². The summed E-state index contributed by atoms with van der Waals surface area (Å²) in [5, 5.41) is 11.0. The van der Waals surface area contributed by atoms with Crippen LogP contribution in [0.2, 0.25) is 0 Å². The van der Waals surface area contributed by atoms with Gasteiger partial charge in [-0.2, -0.15) is 0 Å². The van der Waals surface area contributed by atoms with Crippen LogP contribution in [0.5, 0.6) is 11.5 Å². The molecule has 2 aromatic carbocycles. The largest absolute Gasteiger partial charge is 0.447 e. The van der Waals surface area contributed by atoms with Crippen LogP contribution in [-0.2, 0) is 5.88 Å². The van der Waals surface area contributed by atoms with E-state index >= 15 is 0 Å². The van der Waals surface area contributed by atoms with Gasteiger partial charge in [-0.25, -0.2) is 4.39 Å². The number of alkyl halides is 1. The highest BCUT2D eigenvalue weighted by Crippen LogP contribution is 2.34. The molecule has 0 aliphatic rings. The number of halogens is 3. The fourth-order valence-electron chi connectivity index (χ4n) is 1.55. The summed E-state index contributed by atoms with van der Waals surface area (Å²) in [7, 11) is 0. The third-order valence-corrected chi connectivity index (χ3v) is 3.29. The number of hydrogen-bond donors (Lipinski definition) is 0. The number of nitro benzene ring substituents is 1. The van der Waals surface area contributed by atoms with E-state index < -0.39 is 10.7 Å². The second-order valence-corrected chi connectivity index (χ2v) is 5.05. The standard InChI is InChI=1S/C13H8BrClFNO3/c14-9-2-4-12(10(16)6-9)20-13-3-1-8(7-15)5-11(13)17(18)19/h1-6H,7H2. The highest BCUT2D eigenvalue weighted by molar-refractivity contribution is 9.10. The van der Waals surface area contributed by atoms with Crippen molar-refractivity contribution < 1.29 is 14.1 Å². The average molecular weight is 361 g/mol. The second-order valence-electron chi connectivity index (χ2n) is 3.87. The normalized spacial score (nSPS) is 10.3. The molecule has 0 amide bonds. The Balaban J connectivity index is 2.40. The molecular weight excluding hydrogens is 353 g/mol. The molecule has 0 fully saturated rings. The van der Waals surface area contributed by atoms with Crippen LogP contribution in [0, 0.1) is 15.9 Å². The average Bonchev–Trinajstić information content (AvgIpc) is 2.42. The Bertz CT molecular complexity index is 666. The Kier molecular flexibility index (Phi) is 4.57. The second kappa shape index (κ2) is 6.19. The number of nitro groups is 1. The van der Waals surface area contributed by atoms with E-state index in [1.165, 1.54) is 24.3 Å². The Morgan fingerprint density at radius 2 is 1.95 bits per heavy atom. The third kappa shape index (κ3) is 3.26. The van der Waals surface area contributed by atoms with Crippen LogP contribution >= 0.6 is 27.5 Å². The molecule has 0 heterocycles. The Morgan fingerprint density at radius 3 is 2.55 bits per heavy atom. The highest BCUT2D eigenvalue weighted by Gasteiger charge is 2.18. The summed E-state index contributed by atoms with van der Waals surface area (Å²) in [6, 6.07) is 8.48. The summed E-state index contributed by atoms with van der Waals surface area (Å²) in [5.74, 6) is -0.594. The topological polar surface area (TPSA) is 52.4 Å². The van der Waals surface area contributed by atoms with Crippen LogP contribution in [-0.4, -0.2) is 4.92 Å². The minimum atomic E-state index is -0.616. The van der Waals surface area contributed by atoms with E-state index in [1.54, 1.807) is 12.1 Å². The van der Waals surface area contributed by atoms with Gasteiger partial charge in [0.2, 0.25) is 5.75 Å². The van der Waals surface area contributed by atoms with Crippen LogP contribution in [0.3, 0.4) is 0 Å². The molecule has 4 nitrogen and oxygen atoms in total. The molecule has 0 N–H and O–H groups in total. The first kappa shape index (κ1) is 14.7. The molecule has 2 rings (SSSR count). The van der Waals surface area contributed by atoms with E-state index in [9.17, 15) is 14.5 Å². The lowest BCUT2D eigenvalue weighted by molar-refractivity contribution is -0.385. The maximum absolute atomic E-state index is 13.7. The van der Waals surface area contributed by atoms with Crippen molar-refractivity contribution in [1.29, 1.82) is 0 Å². The number of benzene rings is 2. The SMILES string of the molecule is O=[N+]([O-])c1cc(CCl)ccc1Oc1ccc(Br)cc1F. The zero-order chi connectivity index (χ0) is 14.7. The van der Waals surface area contributed by atoms with Gasteiger partial charge in [0.15, 0.2) is 11.6 Å². The number of nitrogens with zero attached hydrogens (tertiary/aromatic N) is 1. The lowest BCUT2D eigenvalue weighted by atomic mass is 10.2. The summed E-state index contributed by atoms with van der Waals surface area (Å²) in [6.07, 6.45) is 0. The minimum Gasteiger partial charge on any atom is -0.447 e. The lowest BCUT2D eigenvalue weighted by Gasteiger charge is -2.08. The quantitative estimate of drug-likeness (QED) is 0.436. The molecule has 2 aromatic rings. The zero-order valence-electron chi connectivity index (χ0n) is 9.98. The van der Waals surface area contributed by atoms with Crippen LogP contribution in [0.15, 0.2) is 40.9 Å². The number of hydrogen-bond acceptors (Lipinski definition) is 3. The smallest absolute Gasteiger partial charge is 0.311 e. The monoisotopic (exact) mass is 359 g/mol. The van der Waals surface area contributed by atoms with E-state index in [4.69, 9.17) is 16.3 Å². The predicted molar refractivity (Wildman–Crippen MR) is 76.8 cm³/mol. The Labute approximate surface area is 127 Å². The maximum Gasteiger partial charge on any atom is 0.311 e. The predicted octanol–water partition coefficient (Wildman–Crippen LogP) is 5.03. The van der Waals surface area contributed by atoms with Gasteiger partial charge < -0.3 is 4.74 Å². The van der Waals surface area contributed by atoms with Gasteiger partial charge in [0.05, 0.1) is 4.92 Å². The fourth-order valence-corrected chi connectivity index (χ4v) is 2.05. The molecule has 104 valence electrons.